The minimum atomic E-state index is -4.48. The molecule has 0 aliphatic heterocycles. The number of nitrogens with one attached hydrogen (secondary N) is 1. The third-order valence-electron chi connectivity index (χ3n) is 1.96. The van der Waals surface area contributed by atoms with Gasteiger partial charge in [-0.05, 0) is 18.2 Å². The van der Waals surface area contributed by atoms with E-state index in [1.807, 2.05) is 0 Å². The van der Waals surface area contributed by atoms with Gasteiger partial charge in [0.1, 0.15) is 5.17 Å². The number of anilines is 1. The summed E-state index contributed by atoms with van der Waals surface area (Å²) in [6.45, 7) is 1.69. The largest absolute Gasteiger partial charge is 0.437 e. The van der Waals surface area contributed by atoms with E-state index in [9.17, 15) is 18.0 Å². The second-order valence-electron chi connectivity index (χ2n) is 3.40. The van der Waals surface area contributed by atoms with Crippen molar-refractivity contribution in [1.82, 2.24) is 0 Å². The van der Waals surface area contributed by atoms with Crippen LogP contribution in [0.3, 0.4) is 0 Å². The highest BCUT2D eigenvalue weighted by atomic mass is 35.5. The van der Waals surface area contributed by atoms with Crippen molar-refractivity contribution in [2.24, 2.45) is 5.16 Å². The number of carbonyl (C=O) groups excluding carboxylic acids is 1. The van der Waals surface area contributed by atoms with Crippen LogP contribution in [0.5, 0.6) is 0 Å². The number of halogens is 4. The number of carbonyl (C=O) groups is 1. The molecule has 0 bridgehead atoms. The maximum Gasteiger partial charge on any atom is 0.437 e. The molecule has 0 aromatic heterocycles. The molecule has 0 saturated heterocycles. The van der Waals surface area contributed by atoms with Crippen LogP contribution in [-0.2, 0) is 11.0 Å². The molecule has 1 N–H and O–H groups in total. The molecule has 0 atom stereocenters. The van der Waals surface area contributed by atoms with Gasteiger partial charge in [0.25, 0.3) is 0 Å². The summed E-state index contributed by atoms with van der Waals surface area (Å²) in [7, 11) is 0. The monoisotopic (exact) mass is 294 g/mol. The predicted molar refractivity (Wildman–Crippen MR) is 65.1 cm³/mol. The summed E-state index contributed by atoms with van der Waals surface area (Å²) in [6.07, 6.45) is -5.13. The first-order valence-electron chi connectivity index (χ1n) is 5.20. The molecule has 0 unspecified atom stereocenters. The van der Waals surface area contributed by atoms with Gasteiger partial charge < -0.3 is 0 Å². The van der Waals surface area contributed by atoms with Crippen LogP contribution < -0.4 is 5.32 Å². The SMILES string of the molecule is CC/C(Cl)=N/OC(=O)Nc1cccc(C(F)(F)F)c1. The molecular weight excluding hydrogens is 285 g/mol. The Bertz CT molecular complexity index is 489. The van der Waals surface area contributed by atoms with Crippen LogP contribution in [0, 0.1) is 0 Å². The Morgan fingerprint density at radius 1 is 1.47 bits per heavy atom. The van der Waals surface area contributed by atoms with Crippen LogP contribution in [0.4, 0.5) is 23.7 Å². The van der Waals surface area contributed by atoms with Crippen molar-refractivity contribution in [1.29, 1.82) is 0 Å². The summed E-state index contributed by atoms with van der Waals surface area (Å²) in [4.78, 5) is 15.6. The fourth-order valence-electron chi connectivity index (χ4n) is 1.07. The van der Waals surface area contributed by atoms with Gasteiger partial charge in [-0.3, -0.25) is 10.2 Å². The highest BCUT2D eigenvalue weighted by molar-refractivity contribution is 6.65. The lowest BCUT2D eigenvalue weighted by molar-refractivity contribution is -0.137. The van der Waals surface area contributed by atoms with E-state index < -0.39 is 17.8 Å². The number of hydrogen-bond donors (Lipinski definition) is 1. The van der Waals surface area contributed by atoms with Gasteiger partial charge in [0, 0.05) is 12.1 Å². The number of oxime groups is 1. The number of rotatable bonds is 3. The molecule has 0 saturated carbocycles. The average molecular weight is 295 g/mol. The molecule has 104 valence electrons. The van der Waals surface area contributed by atoms with Crippen LogP contribution in [0.2, 0.25) is 0 Å². The van der Waals surface area contributed by atoms with E-state index in [2.05, 4.69) is 15.3 Å². The lowest BCUT2D eigenvalue weighted by atomic mass is 10.2. The summed E-state index contributed by atoms with van der Waals surface area (Å²) in [5, 5.41) is 5.43. The first-order chi connectivity index (χ1) is 8.82. The van der Waals surface area contributed by atoms with Crippen LogP contribution in [0.1, 0.15) is 18.9 Å². The third kappa shape index (κ3) is 5.17. The van der Waals surface area contributed by atoms with Crippen molar-refractivity contribution in [2.75, 3.05) is 5.32 Å². The molecule has 0 radical (unpaired) electrons. The first-order valence-corrected chi connectivity index (χ1v) is 5.58. The van der Waals surface area contributed by atoms with Gasteiger partial charge in [-0.15, -0.1) is 0 Å². The number of alkyl halides is 3. The van der Waals surface area contributed by atoms with E-state index in [1.165, 1.54) is 12.1 Å². The van der Waals surface area contributed by atoms with Crippen molar-refractivity contribution in [2.45, 2.75) is 19.5 Å². The summed E-state index contributed by atoms with van der Waals surface area (Å²) in [6, 6.07) is 4.14. The Morgan fingerprint density at radius 2 is 2.16 bits per heavy atom. The van der Waals surface area contributed by atoms with Gasteiger partial charge in [0.2, 0.25) is 0 Å². The normalized spacial score (nSPS) is 12.2. The van der Waals surface area contributed by atoms with Gasteiger partial charge in [0.15, 0.2) is 0 Å². The van der Waals surface area contributed by atoms with E-state index >= 15 is 0 Å². The molecule has 0 fully saturated rings. The van der Waals surface area contributed by atoms with Crippen LogP contribution in [0.25, 0.3) is 0 Å². The fourth-order valence-corrected chi connectivity index (χ4v) is 1.10. The minimum absolute atomic E-state index is 0.0531. The second kappa shape index (κ2) is 6.42. The summed E-state index contributed by atoms with van der Waals surface area (Å²) < 4.78 is 37.3. The topological polar surface area (TPSA) is 50.7 Å². The lowest BCUT2D eigenvalue weighted by Crippen LogP contribution is -2.12. The zero-order chi connectivity index (χ0) is 14.5. The van der Waals surface area contributed by atoms with Gasteiger partial charge in [-0.2, -0.15) is 13.2 Å². The Kier molecular flexibility index (Phi) is 5.17. The van der Waals surface area contributed by atoms with Gasteiger partial charge in [-0.1, -0.05) is 29.7 Å². The maximum atomic E-state index is 12.4. The summed E-state index contributed by atoms with van der Waals surface area (Å²) >= 11 is 5.49. The fraction of sp³-hybridized carbons (Fsp3) is 0.273. The van der Waals surface area contributed by atoms with Crippen LogP contribution >= 0.6 is 11.6 Å². The number of nitrogens with zero attached hydrogens (tertiary/aromatic N) is 1. The molecule has 19 heavy (non-hydrogen) atoms. The first kappa shape index (κ1) is 15.3. The predicted octanol–water partition coefficient (Wildman–Crippen LogP) is 4.22. The second-order valence-corrected chi connectivity index (χ2v) is 3.84. The molecule has 1 rings (SSSR count). The summed E-state index contributed by atoms with van der Waals surface area (Å²) in [5.74, 6) is 0. The van der Waals surface area contributed by atoms with Crippen LogP contribution in [-0.4, -0.2) is 11.3 Å². The lowest BCUT2D eigenvalue weighted by Gasteiger charge is -2.08. The molecule has 0 aliphatic carbocycles. The van der Waals surface area contributed by atoms with E-state index in [1.54, 1.807) is 6.92 Å². The van der Waals surface area contributed by atoms with E-state index in [0.717, 1.165) is 12.1 Å². The summed E-state index contributed by atoms with van der Waals surface area (Å²) in [5.41, 5.74) is -0.928. The maximum absolute atomic E-state index is 12.4. The standard InChI is InChI=1S/C11H10ClF3N2O2/c1-2-9(12)17-19-10(18)16-8-5-3-4-7(6-8)11(13,14)15/h3-6H,2H2,1H3,(H,16,18)/b17-9-. The van der Waals surface area contributed by atoms with E-state index in [0.29, 0.717) is 6.42 Å². The molecule has 1 aromatic carbocycles. The number of benzene rings is 1. The van der Waals surface area contributed by atoms with Crippen molar-refractivity contribution in [3.05, 3.63) is 29.8 Å². The number of hydrogen-bond acceptors (Lipinski definition) is 3. The van der Waals surface area contributed by atoms with Crippen molar-refractivity contribution < 1.29 is 22.8 Å². The third-order valence-corrected chi connectivity index (χ3v) is 2.29. The zero-order valence-electron chi connectivity index (χ0n) is 9.79. The highest BCUT2D eigenvalue weighted by Crippen LogP contribution is 2.30. The van der Waals surface area contributed by atoms with Crippen molar-refractivity contribution in [3.8, 4) is 0 Å². The van der Waals surface area contributed by atoms with E-state index in [4.69, 9.17) is 11.6 Å². The molecular formula is C11H10ClF3N2O2. The van der Waals surface area contributed by atoms with Crippen molar-refractivity contribution in [3.63, 3.8) is 0 Å². The average Bonchev–Trinajstić information content (AvgIpc) is 2.35. The Hall–Kier alpha value is -1.76. The van der Waals surface area contributed by atoms with Gasteiger partial charge in [-0.25, -0.2) is 4.79 Å². The highest BCUT2D eigenvalue weighted by Gasteiger charge is 2.30. The van der Waals surface area contributed by atoms with E-state index in [-0.39, 0.29) is 10.9 Å². The quantitative estimate of drug-likeness (QED) is 0.515. The zero-order valence-corrected chi connectivity index (χ0v) is 10.5. The Labute approximate surface area is 112 Å². The minimum Gasteiger partial charge on any atom is -0.297 e. The molecule has 4 nitrogen and oxygen atoms in total. The molecule has 0 heterocycles. The van der Waals surface area contributed by atoms with Gasteiger partial charge in [0.05, 0.1) is 5.56 Å². The molecule has 8 heteroatoms. The number of amides is 1. The molecule has 0 spiro atoms. The Balaban J connectivity index is 2.70. The van der Waals surface area contributed by atoms with Gasteiger partial charge >= 0.3 is 12.3 Å². The Morgan fingerprint density at radius 3 is 2.74 bits per heavy atom. The molecule has 0 aliphatic rings. The molecule has 1 amide bonds. The van der Waals surface area contributed by atoms with Crippen LogP contribution in [0.15, 0.2) is 29.4 Å². The van der Waals surface area contributed by atoms with Crippen molar-refractivity contribution >= 4 is 28.6 Å². The molecule has 1 aromatic rings. The smallest absolute Gasteiger partial charge is 0.297 e.